The molecule has 6 heteroatoms. The first-order valence-electron chi connectivity index (χ1n) is 9.69. The fourth-order valence-corrected chi connectivity index (χ4v) is 3.73. The average molecular weight is 410 g/mol. The summed E-state index contributed by atoms with van der Waals surface area (Å²) in [5.74, 6) is -1.47. The van der Waals surface area contributed by atoms with Gasteiger partial charge in [-0.05, 0) is 39.3 Å². The Morgan fingerprint density at radius 2 is 1.83 bits per heavy atom. The smallest absolute Gasteiger partial charge is 0.174 e. The van der Waals surface area contributed by atoms with Crippen LogP contribution in [0.25, 0.3) is 0 Å². The number of hydrogen-bond donors (Lipinski definition) is 4. The Kier molecular flexibility index (Phi) is 5.78. The molecule has 0 radical (unpaired) electrons. The minimum absolute atomic E-state index is 0.0146. The molecule has 0 fully saturated rings. The fraction of sp³-hybridized carbons (Fsp3) is 0.292. The third-order valence-electron chi connectivity index (χ3n) is 5.25. The first-order chi connectivity index (χ1) is 14.1. The molecule has 3 rings (SSSR count). The highest BCUT2D eigenvalue weighted by Crippen LogP contribution is 2.50. The van der Waals surface area contributed by atoms with E-state index in [4.69, 9.17) is 4.74 Å². The molecule has 0 bridgehead atoms. The van der Waals surface area contributed by atoms with Crippen LogP contribution < -0.4 is 4.74 Å². The van der Waals surface area contributed by atoms with E-state index < -0.39 is 6.10 Å². The van der Waals surface area contributed by atoms with Crippen LogP contribution in [0.4, 0.5) is 0 Å². The van der Waals surface area contributed by atoms with E-state index in [1.54, 1.807) is 0 Å². The zero-order valence-corrected chi connectivity index (χ0v) is 17.3. The van der Waals surface area contributed by atoms with Crippen molar-refractivity contribution in [3.63, 3.8) is 0 Å². The number of rotatable bonds is 5. The first kappa shape index (κ1) is 21.3. The molecule has 2 atom stereocenters. The fourth-order valence-electron chi connectivity index (χ4n) is 3.73. The van der Waals surface area contributed by atoms with E-state index in [1.807, 2.05) is 26.8 Å². The second kappa shape index (κ2) is 8.14. The summed E-state index contributed by atoms with van der Waals surface area (Å²) in [5.41, 5.74) is 2.58. The number of carbonyl (C=O) groups is 1. The Labute approximate surface area is 175 Å². The highest BCUT2D eigenvalue weighted by Gasteiger charge is 2.36. The molecule has 0 saturated carbocycles. The molecular weight excluding hydrogens is 384 g/mol. The van der Waals surface area contributed by atoms with Crippen molar-refractivity contribution in [3.05, 3.63) is 64.8 Å². The Balaban J connectivity index is 2.16. The first-order valence-corrected chi connectivity index (χ1v) is 9.69. The van der Waals surface area contributed by atoms with Gasteiger partial charge in [0.05, 0.1) is 6.42 Å². The number of fused-ring (bicyclic) bond motifs is 1. The van der Waals surface area contributed by atoms with Crippen LogP contribution in [0.3, 0.4) is 0 Å². The maximum Gasteiger partial charge on any atom is 0.174 e. The average Bonchev–Trinajstić information content (AvgIpc) is 2.62. The SMILES string of the molecule is C=C(C)C(CC=C(C)C)c1c(O)cc(O)c2c1OC(c1ccc(O)cc1O)CC2=O. The quantitative estimate of drug-likeness (QED) is 0.503. The molecule has 6 nitrogen and oxygen atoms in total. The number of ketones is 1. The maximum absolute atomic E-state index is 12.9. The molecule has 30 heavy (non-hydrogen) atoms. The minimum Gasteiger partial charge on any atom is -0.508 e. The summed E-state index contributed by atoms with van der Waals surface area (Å²) in [7, 11) is 0. The number of carbonyl (C=O) groups excluding carboxylic acids is 1. The summed E-state index contributed by atoms with van der Waals surface area (Å²) in [6.07, 6.45) is 1.61. The summed E-state index contributed by atoms with van der Waals surface area (Å²) in [4.78, 5) is 12.9. The minimum atomic E-state index is -0.834. The Bertz CT molecular complexity index is 1050. The van der Waals surface area contributed by atoms with Crippen LogP contribution in [0, 0.1) is 0 Å². The number of phenolic OH excluding ortho intramolecular Hbond substituents is 4. The van der Waals surface area contributed by atoms with Gasteiger partial charge >= 0.3 is 0 Å². The van der Waals surface area contributed by atoms with E-state index in [9.17, 15) is 25.2 Å². The van der Waals surface area contributed by atoms with Gasteiger partial charge in [-0.3, -0.25) is 4.79 Å². The van der Waals surface area contributed by atoms with Gasteiger partial charge in [-0.1, -0.05) is 23.8 Å². The van der Waals surface area contributed by atoms with Crippen molar-refractivity contribution in [3.8, 4) is 28.7 Å². The second-order valence-electron chi connectivity index (χ2n) is 7.93. The number of aromatic hydroxyl groups is 4. The van der Waals surface area contributed by atoms with E-state index in [0.29, 0.717) is 17.5 Å². The highest BCUT2D eigenvalue weighted by molar-refractivity contribution is 6.03. The third-order valence-corrected chi connectivity index (χ3v) is 5.25. The molecule has 0 amide bonds. The number of benzene rings is 2. The zero-order valence-electron chi connectivity index (χ0n) is 17.3. The monoisotopic (exact) mass is 410 g/mol. The molecule has 1 aliphatic rings. The van der Waals surface area contributed by atoms with Gasteiger partial charge < -0.3 is 25.2 Å². The molecule has 1 heterocycles. The molecule has 0 spiro atoms. The van der Waals surface area contributed by atoms with Crippen LogP contribution in [-0.2, 0) is 0 Å². The molecule has 158 valence electrons. The molecule has 2 unspecified atom stereocenters. The molecule has 1 aliphatic heterocycles. The standard InChI is InChI=1S/C24H26O6/c1-12(2)5-7-15(13(3)4)22-18(27)10-19(28)23-20(29)11-21(30-24(22)23)16-8-6-14(25)9-17(16)26/h5-6,8-10,15,21,25-28H,3,7,11H2,1-2,4H3. The van der Waals surface area contributed by atoms with Crippen LogP contribution in [0.1, 0.15) is 67.1 Å². The van der Waals surface area contributed by atoms with Crippen LogP contribution in [0.2, 0.25) is 0 Å². The van der Waals surface area contributed by atoms with Crippen molar-refractivity contribution >= 4 is 5.78 Å². The van der Waals surface area contributed by atoms with Crippen molar-refractivity contribution < 1.29 is 30.0 Å². The summed E-state index contributed by atoms with van der Waals surface area (Å²) < 4.78 is 6.10. The topological polar surface area (TPSA) is 107 Å². The van der Waals surface area contributed by atoms with E-state index in [2.05, 4.69) is 6.58 Å². The van der Waals surface area contributed by atoms with Crippen molar-refractivity contribution in [2.45, 2.75) is 45.6 Å². The van der Waals surface area contributed by atoms with Crippen molar-refractivity contribution in [1.29, 1.82) is 0 Å². The van der Waals surface area contributed by atoms with E-state index in [0.717, 1.165) is 17.2 Å². The van der Waals surface area contributed by atoms with Gasteiger partial charge in [0.15, 0.2) is 5.78 Å². The van der Waals surface area contributed by atoms with Crippen molar-refractivity contribution in [1.82, 2.24) is 0 Å². The molecular formula is C24H26O6. The molecule has 2 aromatic carbocycles. The predicted molar refractivity (Wildman–Crippen MR) is 113 cm³/mol. The van der Waals surface area contributed by atoms with Crippen molar-refractivity contribution in [2.75, 3.05) is 0 Å². The Morgan fingerprint density at radius 3 is 2.43 bits per heavy atom. The summed E-state index contributed by atoms with van der Waals surface area (Å²) in [6.45, 7) is 9.79. The molecule has 0 aliphatic carbocycles. The molecule has 0 saturated heterocycles. The van der Waals surface area contributed by atoms with E-state index >= 15 is 0 Å². The molecule has 4 N–H and O–H groups in total. The van der Waals surface area contributed by atoms with Crippen LogP contribution in [0.15, 0.2) is 48.1 Å². The predicted octanol–water partition coefficient (Wildman–Crippen LogP) is 5.23. The lowest BCUT2D eigenvalue weighted by molar-refractivity contribution is 0.0838. The lowest BCUT2D eigenvalue weighted by atomic mass is 9.84. The lowest BCUT2D eigenvalue weighted by Crippen LogP contribution is -2.22. The number of Topliss-reactive ketones (excluding diaryl/α,β-unsaturated/α-hetero) is 1. The van der Waals surface area contributed by atoms with Gasteiger partial charge in [0.1, 0.15) is 40.4 Å². The Hall–Kier alpha value is -3.41. The Morgan fingerprint density at radius 1 is 1.13 bits per heavy atom. The van der Waals surface area contributed by atoms with Gasteiger partial charge in [0.2, 0.25) is 0 Å². The largest absolute Gasteiger partial charge is 0.508 e. The molecule has 2 aromatic rings. The number of phenols is 4. The number of hydrogen-bond acceptors (Lipinski definition) is 6. The zero-order chi connectivity index (χ0) is 22.2. The van der Waals surface area contributed by atoms with Gasteiger partial charge in [0, 0.05) is 29.2 Å². The van der Waals surface area contributed by atoms with Crippen molar-refractivity contribution in [2.24, 2.45) is 0 Å². The number of allylic oxidation sites excluding steroid dienone is 3. The van der Waals surface area contributed by atoms with Gasteiger partial charge in [-0.2, -0.15) is 0 Å². The van der Waals surface area contributed by atoms with Gasteiger partial charge in [0.25, 0.3) is 0 Å². The van der Waals surface area contributed by atoms with Gasteiger partial charge in [-0.25, -0.2) is 0 Å². The van der Waals surface area contributed by atoms with Gasteiger partial charge in [-0.15, -0.1) is 0 Å². The molecule has 0 aromatic heterocycles. The van der Waals surface area contributed by atoms with E-state index in [1.165, 1.54) is 18.2 Å². The van der Waals surface area contributed by atoms with E-state index in [-0.39, 0.29) is 52.4 Å². The van der Waals surface area contributed by atoms with Crippen LogP contribution in [-0.4, -0.2) is 26.2 Å². The van der Waals surface area contributed by atoms with Crippen LogP contribution in [0.5, 0.6) is 28.7 Å². The lowest BCUT2D eigenvalue weighted by Gasteiger charge is -2.31. The second-order valence-corrected chi connectivity index (χ2v) is 7.93. The summed E-state index contributed by atoms with van der Waals surface area (Å²) in [6, 6.07) is 5.21. The van der Waals surface area contributed by atoms with Crippen LogP contribution >= 0.6 is 0 Å². The maximum atomic E-state index is 12.9. The highest BCUT2D eigenvalue weighted by atomic mass is 16.5. The number of ether oxygens (including phenoxy) is 1. The normalized spacial score (nSPS) is 16.4. The summed E-state index contributed by atoms with van der Waals surface area (Å²) >= 11 is 0. The summed E-state index contributed by atoms with van der Waals surface area (Å²) in [5, 5.41) is 40.8. The third kappa shape index (κ3) is 3.99.